The largest absolute Gasteiger partial charge is 0.279 e. The monoisotopic (exact) mass is 252 g/mol. The maximum atomic E-state index is 11.0. The van der Waals surface area contributed by atoms with Crippen molar-refractivity contribution in [1.29, 1.82) is 0 Å². The maximum absolute atomic E-state index is 11.0. The fourth-order valence-corrected chi connectivity index (χ4v) is 2.74. The molecular weight excluding hydrogens is 242 g/mol. The number of hydrogen-bond donors (Lipinski definition) is 0. The molecule has 1 amide bonds. The van der Waals surface area contributed by atoms with Crippen molar-refractivity contribution in [3.05, 3.63) is 58.8 Å². The van der Waals surface area contributed by atoms with Gasteiger partial charge in [-0.25, -0.2) is 0 Å². The Morgan fingerprint density at radius 2 is 1.72 bits per heavy atom. The van der Waals surface area contributed by atoms with Crippen LogP contribution in [-0.4, -0.2) is 5.91 Å². The molecule has 0 spiro atoms. The lowest BCUT2D eigenvalue weighted by molar-refractivity contribution is 0.0996. The third kappa shape index (κ3) is 1.89. The fraction of sp³-hybridized carbons (Fsp3) is 0. The Morgan fingerprint density at radius 1 is 0.944 bits per heavy atom. The SMILES string of the molecule is [NH]C(=O)c1cc(-c2ccc3ccccc3c2)cs1. The minimum absolute atomic E-state index is 0.484. The molecule has 0 aliphatic rings. The summed E-state index contributed by atoms with van der Waals surface area (Å²) in [5.74, 6) is -0.618. The van der Waals surface area contributed by atoms with Crippen LogP contribution < -0.4 is 5.73 Å². The molecule has 2 nitrogen and oxygen atoms in total. The molecule has 0 bridgehead atoms. The number of benzene rings is 2. The molecule has 3 rings (SSSR count). The number of carbonyl (C=O) groups is 1. The van der Waals surface area contributed by atoms with E-state index in [-0.39, 0.29) is 0 Å². The standard InChI is InChI=1S/C15H10NOS/c16-15(17)14-8-13(9-18-14)12-6-5-10-3-1-2-4-11(10)7-12/h1-9,16H. The molecule has 0 atom stereocenters. The number of hydrogen-bond acceptors (Lipinski definition) is 2. The molecule has 0 aliphatic carbocycles. The zero-order valence-electron chi connectivity index (χ0n) is 9.51. The lowest BCUT2D eigenvalue weighted by Gasteiger charge is -2.01. The van der Waals surface area contributed by atoms with Crippen LogP contribution in [0.4, 0.5) is 0 Å². The van der Waals surface area contributed by atoms with Crippen molar-refractivity contribution in [3.8, 4) is 11.1 Å². The van der Waals surface area contributed by atoms with E-state index in [4.69, 9.17) is 5.73 Å². The molecule has 0 aliphatic heterocycles. The van der Waals surface area contributed by atoms with Gasteiger partial charge in [-0.2, -0.15) is 0 Å². The number of rotatable bonds is 2. The fourth-order valence-electron chi connectivity index (χ4n) is 1.98. The van der Waals surface area contributed by atoms with E-state index in [0.29, 0.717) is 4.88 Å². The summed E-state index contributed by atoms with van der Waals surface area (Å²) in [7, 11) is 0. The van der Waals surface area contributed by atoms with E-state index < -0.39 is 5.91 Å². The molecule has 1 radical (unpaired) electrons. The van der Waals surface area contributed by atoms with Crippen LogP contribution in [-0.2, 0) is 0 Å². The summed E-state index contributed by atoms with van der Waals surface area (Å²) in [5, 5.41) is 4.31. The molecule has 1 aromatic heterocycles. The number of carbonyl (C=O) groups excluding carboxylic acids is 1. The zero-order chi connectivity index (χ0) is 12.5. The Morgan fingerprint density at radius 3 is 2.44 bits per heavy atom. The van der Waals surface area contributed by atoms with Gasteiger partial charge in [-0.3, -0.25) is 10.5 Å². The first-order valence-corrected chi connectivity index (χ1v) is 6.46. The topological polar surface area (TPSA) is 40.9 Å². The summed E-state index contributed by atoms with van der Waals surface area (Å²) in [6.45, 7) is 0. The quantitative estimate of drug-likeness (QED) is 0.679. The highest BCUT2D eigenvalue weighted by Gasteiger charge is 2.07. The Hall–Kier alpha value is -2.13. The van der Waals surface area contributed by atoms with Gasteiger partial charge in [0.2, 0.25) is 0 Å². The number of fused-ring (bicyclic) bond motifs is 1. The lowest BCUT2D eigenvalue weighted by Crippen LogP contribution is -1.93. The van der Waals surface area contributed by atoms with Crippen LogP contribution in [0.3, 0.4) is 0 Å². The van der Waals surface area contributed by atoms with E-state index in [1.165, 1.54) is 22.1 Å². The van der Waals surface area contributed by atoms with Gasteiger partial charge in [0.05, 0.1) is 4.88 Å². The summed E-state index contributed by atoms with van der Waals surface area (Å²) in [6.07, 6.45) is 0. The highest BCUT2D eigenvalue weighted by Crippen LogP contribution is 2.28. The molecule has 0 unspecified atom stereocenters. The van der Waals surface area contributed by atoms with Crippen molar-refractivity contribution in [2.24, 2.45) is 0 Å². The first-order valence-electron chi connectivity index (χ1n) is 5.58. The molecule has 3 heteroatoms. The Kier molecular flexibility index (Phi) is 2.61. The number of nitrogens with one attached hydrogen (secondary N) is 1. The van der Waals surface area contributed by atoms with Crippen molar-refractivity contribution in [1.82, 2.24) is 5.73 Å². The van der Waals surface area contributed by atoms with Crippen LogP contribution in [0.2, 0.25) is 0 Å². The second-order valence-electron chi connectivity index (χ2n) is 4.09. The molecule has 2 aromatic carbocycles. The first-order chi connectivity index (χ1) is 8.74. The third-order valence-corrected chi connectivity index (χ3v) is 3.84. The van der Waals surface area contributed by atoms with Crippen LogP contribution in [0.15, 0.2) is 53.9 Å². The highest BCUT2D eigenvalue weighted by molar-refractivity contribution is 7.12. The normalized spacial score (nSPS) is 10.7. The summed E-state index contributed by atoms with van der Waals surface area (Å²) < 4.78 is 0. The average Bonchev–Trinajstić information content (AvgIpc) is 2.88. The highest BCUT2D eigenvalue weighted by atomic mass is 32.1. The van der Waals surface area contributed by atoms with Crippen LogP contribution in [0.25, 0.3) is 21.9 Å². The predicted octanol–water partition coefficient (Wildman–Crippen LogP) is 3.99. The predicted molar refractivity (Wildman–Crippen MR) is 74.7 cm³/mol. The molecule has 3 aromatic rings. The first kappa shape index (κ1) is 11.0. The van der Waals surface area contributed by atoms with Gasteiger partial charge in [-0.1, -0.05) is 36.4 Å². The Balaban J connectivity index is 2.10. The summed E-state index contributed by atoms with van der Waals surface area (Å²) in [5.41, 5.74) is 9.18. The molecular formula is C15H10NOS. The van der Waals surface area contributed by atoms with E-state index in [1.54, 1.807) is 6.07 Å². The van der Waals surface area contributed by atoms with E-state index in [9.17, 15) is 4.79 Å². The Bertz CT molecular complexity index is 730. The van der Waals surface area contributed by atoms with Gasteiger partial charge in [0, 0.05) is 0 Å². The van der Waals surface area contributed by atoms with Gasteiger partial charge in [-0.15, -0.1) is 11.3 Å². The van der Waals surface area contributed by atoms with Crippen molar-refractivity contribution >= 4 is 28.0 Å². The van der Waals surface area contributed by atoms with Crippen molar-refractivity contribution in [3.63, 3.8) is 0 Å². The van der Waals surface area contributed by atoms with Gasteiger partial charge < -0.3 is 0 Å². The van der Waals surface area contributed by atoms with Gasteiger partial charge in [-0.05, 0) is 39.4 Å². The summed E-state index contributed by atoms with van der Waals surface area (Å²) >= 11 is 1.32. The van der Waals surface area contributed by atoms with Crippen molar-refractivity contribution in [2.75, 3.05) is 0 Å². The van der Waals surface area contributed by atoms with Crippen LogP contribution in [0.5, 0.6) is 0 Å². The van der Waals surface area contributed by atoms with E-state index >= 15 is 0 Å². The van der Waals surface area contributed by atoms with Crippen molar-refractivity contribution < 1.29 is 4.79 Å². The van der Waals surface area contributed by atoms with E-state index in [1.807, 2.05) is 23.6 Å². The van der Waals surface area contributed by atoms with Gasteiger partial charge in [0.15, 0.2) is 0 Å². The number of amides is 1. The summed E-state index contributed by atoms with van der Waals surface area (Å²) in [6, 6.07) is 16.2. The van der Waals surface area contributed by atoms with Gasteiger partial charge in [0.1, 0.15) is 0 Å². The molecule has 18 heavy (non-hydrogen) atoms. The minimum atomic E-state index is -0.618. The van der Waals surface area contributed by atoms with Crippen LogP contribution >= 0.6 is 11.3 Å². The lowest BCUT2D eigenvalue weighted by atomic mass is 10.0. The third-order valence-electron chi connectivity index (χ3n) is 2.91. The van der Waals surface area contributed by atoms with E-state index in [2.05, 4.69) is 24.3 Å². The second-order valence-corrected chi connectivity index (χ2v) is 5.00. The molecule has 1 N–H and O–H groups in total. The van der Waals surface area contributed by atoms with Crippen LogP contribution in [0.1, 0.15) is 9.67 Å². The smallest absolute Gasteiger partial charge is 0.266 e. The average molecular weight is 252 g/mol. The van der Waals surface area contributed by atoms with Crippen LogP contribution in [0, 0.1) is 0 Å². The molecule has 0 fully saturated rings. The van der Waals surface area contributed by atoms with Gasteiger partial charge in [0.25, 0.3) is 5.91 Å². The van der Waals surface area contributed by atoms with Gasteiger partial charge >= 0.3 is 0 Å². The maximum Gasteiger partial charge on any atom is 0.279 e. The van der Waals surface area contributed by atoms with Crippen molar-refractivity contribution in [2.45, 2.75) is 0 Å². The molecule has 0 saturated carbocycles. The molecule has 0 saturated heterocycles. The molecule has 1 heterocycles. The number of thiophene rings is 1. The second kappa shape index (κ2) is 4.27. The zero-order valence-corrected chi connectivity index (χ0v) is 10.3. The molecule has 87 valence electrons. The Labute approximate surface area is 109 Å². The van der Waals surface area contributed by atoms with E-state index in [0.717, 1.165) is 11.1 Å². The minimum Gasteiger partial charge on any atom is -0.266 e. The summed E-state index contributed by atoms with van der Waals surface area (Å²) in [4.78, 5) is 11.5.